The van der Waals surface area contributed by atoms with Crippen molar-refractivity contribution in [3.8, 4) is 5.88 Å². The first kappa shape index (κ1) is 8.10. The van der Waals surface area contributed by atoms with Crippen molar-refractivity contribution in [2.24, 2.45) is 11.7 Å². The molecule has 70 valence electrons. The largest absolute Gasteiger partial charge is 0.477 e. The number of fused-ring (bicyclic) bond motifs is 1. The molecule has 1 amide bonds. The van der Waals surface area contributed by atoms with E-state index in [2.05, 4.69) is 12.0 Å². The molecule has 2 heterocycles. The number of ether oxygens (including phenoxy) is 1. The lowest BCUT2D eigenvalue weighted by Gasteiger charge is -2.20. The standard InChI is InChI=1S/C8H11N3O2/c1-5-3-11-7(13-4-5)2-6(10-11)8(9)12/h2,5H,3-4H2,1H3,(H2,9,12). The van der Waals surface area contributed by atoms with Gasteiger partial charge in [0.15, 0.2) is 5.69 Å². The molecule has 5 nitrogen and oxygen atoms in total. The van der Waals surface area contributed by atoms with Gasteiger partial charge in [-0.1, -0.05) is 6.92 Å². The van der Waals surface area contributed by atoms with Crippen molar-refractivity contribution in [3.63, 3.8) is 0 Å². The second-order valence-electron chi connectivity index (χ2n) is 3.33. The number of nitrogens with two attached hydrogens (primary N) is 1. The summed E-state index contributed by atoms with van der Waals surface area (Å²) < 4.78 is 7.03. The topological polar surface area (TPSA) is 70.1 Å². The monoisotopic (exact) mass is 181 g/mol. The van der Waals surface area contributed by atoms with E-state index in [1.54, 1.807) is 10.7 Å². The summed E-state index contributed by atoms with van der Waals surface area (Å²) in [4.78, 5) is 10.8. The molecule has 0 aliphatic carbocycles. The number of aromatic nitrogens is 2. The smallest absolute Gasteiger partial charge is 0.269 e. The van der Waals surface area contributed by atoms with E-state index in [9.17, 15) is 4.79 Å². The van der Waals surface area contributed by atoms with Gasteiger partial charge in [-0.3, -0.25) is 4.79 Å². The van der Waals surface area contributed by atoms with Gasteiger partial charge in [0.1, 0.15) is 0 Å². The van der Waals surface area contributed by atoms with Crippen molar-refractivity contribution in [1.29, 1.82) is 0 Å². The van der Waals surface area contributed by atoms with Gasteiger partial charge in [-0.15, -0.1) is 0 Å². The summed E-state index contributed by atoms with van der Waals surface area (Å²) in [5.74, 6) is 0.540. The molecule has 0 spiro atoms. The molecule has 1 atom stereocenters. The number of rotatable bonds is 1. The first-order valence-electron chi connectivity index (χ1n) is 4.17. The maximum absolute atomic E-state index is 10.8. The maximum atomic E-state index is 10.8. The molecule has 2 N–H and O–H groups in total. The van der Waals surface area contributed by atoms with Crippen LogP contribution in [0.1, 0.15) is 17.4 Å². The Morgan fingerprint density at radius 2 is 2.62 bits per heavy atom. The maximum Gasteiger partial charge on any atom is 0.269 e. The van der Waals surface area contributed by atoms with Crippen LogP contribution in [0.4, 0.5) is 0 Å². The molecule has 0 fully saturated rings. The van der Waals surface area contributed by atoms with Gasteiger partial charge in [-0.05, 0) is 0 Å². The van der Waals surface area contributed by atoms with Crippen LogP contribution in [0.2, 0.25) is 0 Å². The molecule has 5 heteroatoms. The normalized spacial score (nSPS) is 20.5. The quantitative estimate of drug-likeness (QED) is 0.663. The number of amides is 1. The number of hydrogen-bond donors (Lipinski definition) is 1. The van der Waals surface area contributed by atoms with Crippen LogP contribution in [0.5, 0.6) is 5.88 Å². The summed E-state index contributed by atoms with van der Waals surface area (Å²) in [7, 11) is 0. The molecule has 1 aliphatic heterocycles. The third-order valence-corrected chi connectivity index (χ3v) is 2.00. The number of carbonyl (C=O) groups is 1. The third-order valence-electron chi connectivity index (χ3n) is 2.00. The zero-order valence-electron chi connectivity index (χ0n) is 7.36. The van der Waals surface area contributed by atoms with Gasteiger partial charge in [-0.25, -0.2) is 4.68 Å². The van der Waals surface area contributed by atoms with Crippen LogP contribution in [-0.4, -0.2) is 22.3 Å². The van der Waals surface area contributed by atoms with Crippen LogP contribution in [-0.2, 0) is 6.54 Å². The Bertz CT molecular complexity index is 345. The lowest BCUT2D eigenvalue weighted by molar-refractivity contribution is 0.0994. The molecule has 1 aliphatic rings. The third kappa shape index (κ3) is 1.37. The Kier molecular flexibility index (Phi) is 1.72. The minimum Gasteiger partial charge on any atom is -0.477 e. The summed E-state index contributed by atoms with van der Waals surface area (Å²) >= 11 is 0. The molecular weight excluding hydrogens is 170 g/mol. The van der Waals surface area contributed by atoms with Crippen LogP contribution in [0.15, 0.2) is 6.07 Å². The van der Waals surface area contributed by atoms with E-state index in [1.807, 2.05) is 0 Å². The van der Waals surface area contributed by atoms with E-state index in [-0.39, 0.29) is 5.69 Å². The van der Waals surface area contributed by atoms with Crippen molar-refractivity contribution in [2.75, 3.05) is 6.61 Å². The van der Waals surface area contributed by atoms with Gasteiger partial charge >= 0.3 is 0 Å². The van der Waals surface area contributed by atoms with Crippen molar-refractivity contribution in [1.82, 2.24) is 9.78 Å². The van der Waals surface area contributed by atoms with Crippen LogP contribution >= 0.6 is 0 Å². The molecule has 0 saturated carbocycles. The van der Waals surface area contributed by atoms with Crippen LogP contribution in [0.3, 0.4) is 0 Å². The fourth-order valence-electron chi connectivity index (χ4n) is 1.34. The van der Waals surface area contributed by atoms with Gasteiger partial charge in [-0.2, -0.15) is 5.10 Å². The minimum atomic E-state index is -0.516. The molecule has 1 aromatic rings. The number of hydrogen-bond acceptors (Lipinski definition) is 3. The van der Waals surface area contributed by atoms with E-state index in [4.69, 9.17) is 10.5 Å². The molecule has 0 saturated heterocycles. The van der Waals surface area contributed by atoms with E-state index in [0.29, 0.717) is 18.4 Å². The Morgan fingerprint density at radius 3 is 3.31 bits per heavy atom. The fraction of sp³-hybridized carbons (Fsp3) is 0.500. The van der Waals surface area contributed by atoms with Gasteiger partial charge in [0.05, 0.1) is 13.2 Å². The van der Waals surface area contributed by atoms with Crippen LogP contribution in [0, 0.1) is 5.92 Å². The van der Waals surface area contributed by atoms with Gasteiger partial charge < -0.3 is 10.5 Å². The highest BCUT2D eigenvalue weighted by atomic mass is 16.5. The molecule has 13 heavy (non-hydrogen) atoms. The minimum absolute atomic E-state index is 0.268. The Hall–Kier alpha value is -1.52. The number of primary amides is 1. The predicted molar refractivity (Wildman–Crippen MR) is 45.4 cm³/mol. The molecule has 0 radical (unpaired) electrons. The molecule has 0 aromatic carbocycles. The highest BCUT2D eigenvalue weighted by Gasteiger charge is 2.19. The van der Waals surface area contributed by atoms with E-state index >= 15 is 0 Å². The lowest BCUT2D eigenvalue weighted by Crippen LogP contribution is -2.23. The average molecular weight is 181 g/mol. The van der Waals surface area contributed by atoms with Crippen LogP contribution < -0.4 is 10.5 Å². The highest BCUT2D eigenvalue weighted by molar-refractivity contribution is 5.91. The zero-order chi connectivity index (χ0) is 9.42. The van der Waals surface area contributed by atoms with E-state index in [1.165, 1.54) is 0 Å². The second-order valence-corrected chi connectivity index (χ2v) is 3.33. The van der Waals surface area contributed by atoms with E-state index < -0.39 is 5.91 Å². The lowest BCUT2D eigenvalue weighted by atomic mass is 10.2. The molecule has 0 bridgehead atoms. The molecular formula is C8H11N3O2. The number of carbonyl (C=O) groups excluding carboxylic acids is 1. The molecule has 2 rings (SSSR count). The van der Waals surface area contributed by atoms with Gasteiger partial charge in [0.2, 0.25) is 5.88 Å². The Morgan fingerprint density at radius 1 is 1.85 bits per heavy atom. The van der Waals surface area contributed by atoms with Crippen molar-refractivity contribution < 1.29 is 9.53 Å². The summed E-state index contributed by atoms with van der Waals surface area (Å²) in [6.45, 7) is 3.51. The van der Waals surface area contributed by atoms with Gasteiger partial charge in [0.25, 0.3) is 5.91 Å². The Balaban J connectivity index is 2.33. The second kappa shape index (κ2) is 2.76. The summed E-state index contributed by atoms with van der Waals surface area (Å²) in [5, 5.41) is 4.02. The Labute approximate surface area is 75.5 Å². The molecule has 1 aromatic heterocycles. The summed E-state index contributed by atoms with van der Waals surface area (Å²) in [6.07, 6.45) is 0. The van der Waals surface area contributed by atoms with Crippen molar-refractivity contribution >= 4 is 5.91 Å². The SMILES string of the molecule is CC1COc2cc(C(N)=O)nn2C1. The van der Waals surface area contributed by atoms with Crippen molar-refractivity contribution in [2.45, 2.75) is 13.5 Å². The van der Waals surface area contributed by atoms with Crippen molar-refractivity contribution in [3.05, 3.63) is 11.8 Å². The average Bonchev–Trinajstić information content (AvgIpc) is 2.46. The predicted octanol–water partition coefficient (Wildman–Crippen LogP) is 0.0105. The summed E-state index contributed by atoms with van der Waals surface area (Å²) in [6, 6.07) is 1.58. The van der Waals surface area contributed by atoms with Gasteiger partial charge in [0, 0.05) is 12.0 Å². The van der Waals surface area contributed by atoms with E-state index in [0.717, 1.165) is 6.54 Å². The fourth-order valence-corrected chi connectivity index (χ4v) is 1.34. The first-order valence-corrected chi connectivity index (χ1v) is 4.17. The zero-order valence-corrected chi connectivity index (χ0v) is 7.36. The number of nitrogens with zero attached hydrogens (tertiary/aromatic N) is 2. The highest BCUT2D eigenvalue weighted by Crippen LogP contribution is 2.20. The summed E-state index contributed by atoms with van der Waals surface area (Å²) in [5.41, 5.74) is 5.36. The van der Waals surface area contributed by atoms with Crippen LogP contribution in [0.25, 0.3) is 0 Å². The molecule has 1 unspecified atom stereocenters. The first-order chi connectivity index (χ1) is 6.16.